The van der Waals surface area contributed by atoms with E-state index in [4.69, 9.17) is 19.9 Å². The van der Waals surface area contributed by atoms with Gasteiger partial charge in [0.2, 0.25) is 11.8 Å². The molecule has 4 heterocycles. The van der Waals surface area contributed by atoms with E-state index >= 15 is 0 Å². The largest absolute Gasteiger partial charge is 0.470 e. The Bertz CT molecular complexity index is 1160. The molecule has 4 rings (SSSR count). The van der Waals surface area contributed by atoms with Gasteiger partial charge >= 0.3 is 0 Å². The van der Waals surface area contributed by atoms with Gasteiger partial charge in [0.25, 0.3) is 0 Å². The zero-order valence-electron chi connectivity index (χ0n) is 20.9. The van der Waals surface area contributed by atoms with E-state index in [2.05, 4.69) is 30.9 Å². The number of aliphatic hydroxyl groups is 4. The molecular formula is C24H34BrN5O7S. The number of nitrogen functional groups attached to an aromatic ring is 1. The number of ether oxygens (including phenoxy) is 3. The molecule has 6 N–H and O–H groups in total. The summed E-state index contributed by atoms with van der Waals surface area (Å²) in [5, 5.41) is 38.9. The predicted octanol–water partition coefficient (Wildman–Crippen LogP) is 1.97. The zero-order valence-corrected chi connectivity index (χ0v) is 23.3. The Labute approximate surface area is 232 Å². The molecule has 0 amide bonds. The molecule has 0 aromatic carbocycles. The normalized spacial score (nSPS) is 23.8. The number of aryl methyl sites for hydroxylation is 1. The standard InChI is InChI=1S/C24H34BrN5O7S/c25-16-8-7-14(38-16)12-36-22-17-21(28-24(26)29-22)30(13-27-17)9-5-3-1-2-4-6-10-35-23-20(34)19(33)18(32)15(11-31)37-23/h7-8,13,15,18-20,23,31-34H,1-6,9-12H2,(H2,26,28,29)/t15-,18-,19+,20-,23-/m1/s1. The van der Waals surface area contributed by atoms with Crippen molar-refractivity contribution in [2.24, 2.45) is 0 Å². The molecule has 3 aromatic rings. The number of unbranched alkanes of at least 4 members (excludes halogenated alkanes) is 5. The maximum atomic E-state index is 10.00. The lowest BCUT2D eigenvalue weighted by Crippen LogP contribution is -2.59. The first-order chi connectivity index (χ1) is 18.4. The molecule has 0 spiro atoms. The van der Waals surface area contributed by atoms with Gasteiger partial charge < -0.3 is 44.9 Å². The second-order valence-corrected chi connectivity index (χ2v) is 11.7. The minimum absolute atomic E-state index is 0.146. The number of nitrogens with two attached hydrogens (primary N) is 1. The number of hydrogen-bond donors (Lipinski definition) is 5. The third kappa shape index (κ3) is 7.39. The summed E-state index contributed by atoms with van der Waals surface area (Å²) >= 11 is 5.04. The van der Waals surface area contributed by atoms with Gasteiger partial charge in [-0.2, -0.15) is 9.97 Å². The fourth-order valence-electron chi connectivity index (χ4n) is 4.26. The lowest BCUT2D eigenvalue weighted by Gasteiger charge is -2.39. The maximum absolute atomic E-state index is 10.00. The molecular weight excluding hydrogens is 582 g/mol. The number of aromatic nitrogens is 4. The number of nitrogens with zero attached hydrogens (tertiary/aromatic N) is 4. The Morgan fingerprint density at radius 3 is 2.53 bits per heavy atom. The van der Waals surface area contributed by atoms with Crippen LogP contribution in [0, 0.1) is 0 Å². The summed E-state index contributed by atoms with van der Waals surface area (Å²) in [6.45, 7) is 1.01. The number of imidazole rings is 1. The fourth-order valence-corrected chi connectivity index (χ4v) is 5.66. The van der Waals surface area contributed by atoms with Crippen molar-refractivity contribution in [3.8, 4) is 5.88 Å². The van der Waals surface area contributed by atoms with Gasteiger partial charge in [-0.15, -0.1) is 11.3 Å². The second-order valence-electron chi connectivity index (χ2n) is 9.18. The minimum atomic E-state index is -1.42. The van der Waals surface area contributed by atoms with E-state index in [1.54, 1.807) is 17.7 Å². The van der Waals surface area contributed by atoms with Crippen LogP contribution in [0.25, 0.3) is 11.2 Å². The van der Waals surface area contributed by atoms with Crippen LogP contribution in [0.2, 0.25) is 0 Å². The first-order valence-corrected chi connectivity index (χ1v) is 14.3. The van der Waals surface area contributed by atoms with Crippen molar-refractivity contribution >= 4 is 44.4 Å². The van der Waals surface area contributed by atoms with E-state index in [9.17, 15) is 20.4 Å². The van der Waals surface area contributed by atoms with E-state index in [-0.39, 0.29) is 5.95 Å². The van der Waals surface area contributed by atoms with Crippen molar-refractivity contribution in [2.75, 3.05) is 18.9 Å². The van der Waals surface area contributed by atoms with Crippen molar-refractivity contribution in [3.05, 3.63) is 27.1 Å². The van der Waals surface area contributed by atoms with Gasteiger partial charge in [0.1, 0.15) is 31.0 Å². The Morgan fingerprint density at radius 2 is 1.79 bits per heavy atom. The van der Waals surface area contributed by atoms with Gasteiger partial charge in [0.15, 0.2) is 17.5 Å². The molecule has 3 aromatic heterocycles. The summed E-state index contributed by atoms with van der Waals surface area (Å²) in [6, 6.07) is 3.96. The first kappa shape index (κ1) is 29.1. The van der Waals surface area contributed by atoms with Gasteiger partial charge in [-0.3, -0.25) is 0 Å². The van der Waals surface area contributed by atoms with Crippen LogP contribution in [0.5, 0.6) is 5.88 Å². The highest BCUT2D eigenvalue weighted by atomic mass is 79.9. The molecule has 1 saturated heterocycles. The lowest BCUT2D eigenvalue weighted by molar-refractivity contribution is -0.301. The summed E-state index contributed by atoms with van der Waals surface area (Å²) in [7, 11) is 0. The highest BCUT2D eigenvalue weighted by molar-refractivity contribution is 9.11. The van der Waals surface area contributed by atoms with E-state index in [1.165, 1.54) is 0 Å². The maximum Gasteiger partial charge on any atom is 0.247 e. The molecule has 1 aliphatic rings. The van der Waals surface area contributed by atoms with E-state index < -0.39 is 37.3 Å². The minimum Gasteiger partial charge on any atom is -0.470 e. The average molecular weight is 617 g/mol. The lowest BCUT2D eigenvalue weighted by atomic mass is 9.99. The molecule has 0 bridgehead atoms. The Kier molecular flexibility index (Phi) is 10.7. The molecule has 210 valence electrons. The zero-order chi connectivity index (χ0) is 27.1. The quantitative estimate of drug-likeness (QED) is 0.167. The summed E-state index contributed by atoms with van der Waals surface area (Å²) < 4.78 is 19.8. The topological polar surface area (TPSA) is 178 Å². The summed E-state index contributed by atoms with van der Waals surface area (Å²) in [4.78, 5) is 14.1. The van der Waals surface area contributed by atoms with Crippen LogP contribution in [0.4, 0.5) is 5.95 Å². The highest BCUT2D eigenvalue weighted by Gasteiger charge is 2.43. The van der Waals surface area contributed by atoms with Gasteiger partial charge in [-0.1, -0.05) is 25.7 Å². The molecule has 38 heavy (non-hydrogen) atoms. The van der Waals surface area contributed by atoms with Crippen LogP contribution in [0.3, 0.4) is 0 Å². The first-order valence-electron chi connectivity index (χ1n) is 12.6. The van der Waals surface area contributed by atoms with Crippen LogP contribution in [0.1, 0.15) is 43.4 Å². The number of anilines is 1. The molecule has 5 atom stereocenters. The molecule has 1 fully saturated rings. The smallest absolute Gasteiger partial charge is 0.247 e. The number of rotatable bonds is 14. The molecule has 0 unspecified atom stereocenters. The van der Waals surface area contributed by atoms with Crippen molar-refractivity contribution in [1.29, 1.82) is 0 Å². The van der Waals surface area contributed by atoms with Gasteiger partial charge in [0, 0.05) is 18.0 Å². The molecule has 14 heteroatoms. The van der Waals surface area contributed by atoms with E-state index in [0.29, 0.717) is 30.3 Å². The van der Waals surface area contributed by atoms with Crippen molar-refractivity contribution in [3.63, 3.8) is 0 Å². The number of thiophene rings is 1. The highest BCUT2D eigenvalue weighted by Crippen LogP contribution is 2.27. The van der Waals surface area contributed by atoms with E-state index in [0.717, 1.165) is 53.7 Å². The Hall–Kier alpha value is -1.91. The van der Waals surface area contributed by atoms with Crippen LogP contribution in [0.15, 0.2) is 22.2 Å². The van der Waals surface area contributed by atoms with Crippen molar-refractivity contribution < 1.29 is 34.6 Å². The van der Waals surface area contributed by atoms with Crippen LogP contribution in [-0.2, 0) is 22.6 Å². The molecule has 0 aliphatic carbocycles. The van der Waals surface area contributed by atoms with E-state index in [1.807, 2.05) is 16.7 Å². The SMILES string of the molecule is Nc1nc(OCc2ccc(Br)s2)c2ncn(CCCCCCCCO[C@@H]3O[C@H](CO)[C@@H](O)[C@H](O)[C@H]3O)c2n1. The number of fused-ring (bicyclic) bond motifs is 1. The number of hydrogen-bond acceptors (Lipinski definition) is 12. The van der Waals surface area contributed by atoms with Crippen molar-refractivity contribution in [1.82, 2.24) is 19.5 Å². The predicted molar refractivity (Wildman–Crippen MR) is 144 cm³/mol. The van der Waals surface area contributed by atoms with Gasteiger partial charge in [0.05, 0.1) is 16.7 Å². The number of halogens is 1. The summed E-state index contributed by atoms with van der Waals surface area (Å²) in [5.41, 5.74) is 7.18. The summed E-state index contributed by atoms with van der Waals surface area (Å²) in [6.07, 6.45) is 1.31. The van der Waals surface area contributed by atoms with Crippen molar-refractivity contribution in [2.45, 2.75) is 82.4 Å². The third-order valence-corrected chi connectivity index (χ3v) is 7.95. The molecule has 0 radical (unpaired) electrons. The summed E-state index contributed by atoms with van der Waals surface area (Å²) in [5.74, 6) is 0.522. The Balaban J connectivity index is 1.14. The van der Waals surface area contributed by atoms with Crippen LogP contribution < -0.4 is 10.5 Å². The average Bonchev–Trinajstić information content (AvgIpc) is 3.51. The fraction of sp³-hybridized carbons (Fsp3) is 0.625. The second kappa shape index (κ2) is 13.9. The Morgan fingerprint density at radius 1 is 1.03 bits per heavy atom. The third-order valence-electron chi connectivity index (χ3n) is 6.35. The number of aliphatic hydroxyl groups excluding tert-OH is 4. The monoisotopic (exact) mass is 615 g/mol. The van der Waals surface area contributed by atoms with Crippen LogP contribution >= 0.6 is 27.3 Å². The van der Waals surface area contributed by atoms with Crippen LogP contribution in [-0.4, -0.2) is 83.9 Å². The molecule has 0 saturated carbocycles. The molecule has 1 aliphatic heterocycles. The van der Waals surface area contributed by atoms with Gasteiger partial charge in [-0.25, -0.2) is 4.98 Å². The van der Waals surface area contributed by atoms with Gasteiger partial charge in [-0.05, 0) is 40.9 Å². The molecule has 12 nitrogen and oxygen atoms in total.